The first kappa shape index (κ1) is 17.1. The molecule has 0 saturated heterocycles. The Morgan fingerprint density at radius 2 is 1.70 bits per heavy atom. The van der Waals surface area contributed by atoms with Gasteiger partial charge in [0, 0.05) is 17.1 Å². The van der Waals surface area contributed by atoms with Gasteiger partial charge in [0.15, 0.2) is 0 Å². The van der Waals surface area contributed by atoms with Crippen LogP contribution in [0.15, 0.2) is 0 Å². The molecule has 0 saturated carbocycles. The second-order valence-corrected chi connectivity index (χ2v) is 2.01. The zero-order chi connectivity index (χ0) is 6.78. The Bertz CT molecular complexity index is 141. The topological polar surface area (TPSA) is 104 Å². The van der Waals surface area contributed by atoms with Gasteiger partial charge in [-0.05, 0) is 0 Å². The summed E-state index contributed by atoms with van der Waals surface area (Å²) < 4.78 is 12.6. The normalized spacial score (nSPS) is 8.60. The van der Waals surface area contributed by atoms with E-state index in [4.69, 9.17) is 14.9 Å². The van der Waals surface area contributed by atoms with Crippen LogP contribution in [0.4, 0.5) is 4.79 Å². The molecule has 0 atom stereocenters. The number of hydrogen-bond acceptors (Lipinski definition) is 3. The average molecular weight is 230 g/mol. The van der Waals surface area contributed by atoms with Crippen LogP contribution in [0.25, 0.3) is 0 Å². The van der Waals surface area contributed by atoms with Crippen LogP contribution >= 0.6 is 7.82 Å². The summed E-state index contributed by atoms with van der Waals surface area (Å²) in [5, 5.41) is 7.53. The predicted molar refractivity (Wildman–Crippen MR) is 28.3 cm³/mol. The predicted octanol–water partition coefficient (Wildman–Crippen LogP) is -0.877. The van der Waals surface area contributed by atoms with Crippen molar-refractivity contribution >= 4 is 43.5 Å². The number of phosphoric ester groups is 1. The molecule has 6 nitrogen and oxygen atoms in total. The SMILES string of the molecule is O=C(O)OP(=O)(O)O.[Cu].[NaH]. The third-order valence-corrected chi connectivity index (χ3v) is 0.591. The molecule has 0 spiro atoms. The van der Waals surface area contributed by atoms with Gasteiger partial charge in [-0.25, -0.2) is 9.36 Å². The molecule has 0 rings (SSSR count). The van der Waals surface area contributed by atoms with Gasteiger partial charge >= 0.3 is 43.5 Å². The van der Waals surface area contributed by atoms with E-state index in [1.54, 1.807) is 0 Å². The Balaban J connectivity index is -0.000000245. The molecule has 0 aromatic heterocycles. The number of rotatable bonds is 1. The van der Waals surface area contributed by atoms with Gasteiger partial charge in [0.25, 0.3) is 0 Å². The first-order valence-corrected chi connectivity index (χ1v) is 2.93. The Morgan fingerprint density at radius 3 is 1.70 bits per heavy atom. The molecule has 0 amide bonds. The Kier molecular flexibility index (Phi) is 11.4. The fourth-order valence-electron chi connectivity index (χ4n) is 0.102. The van der Waals surface area contributed by atoms with Crippen molar-refractivity contribution in [1.82, 2.24) is 0 Å². The zero-order valence-corrected chi connectivity index (χ0v) is 5.65. The van der Waals surface area contributed by atoms with Gasteiger partial charge in [-0.1, -0.05) is 0 Å². The van der Waals surface area contributed by atoms with Crippen LogP contribution in [0, 0.1) is 0 Å². The molecule has 0 heterocycles. The summed E-state index contributed by atoms with van der Waals surface area (Å²) >= 11 is 0. The molecule has 0 aromatic rings. The van der Waals surface area contributed by atoms with Crippen LogP contribution in [0.5, 0.6) is 0 Å². The third-order valence-electron chi connectivity index (χ3n) is 0.197. The number of carbonyl (C=O) groups is 1. The summed E-state index contributed by atoms with van der Waals surface area (Å²) in [5.74, 6) is 0. The monoisotopic (exact) mass is 229 g/mol. The summed E-state index contributed by atoms with van der Waals surface area (Å²) in [6.07, 6.45) is -1.99. The van der Waals surface area contributed by atoms with Crippen molar-refractivity contribution in [2.24, 2.45) is 0 Å². The second-order valence-electron chi connectivity index (χ2n) is 0.848. The van der Waals surface area contributed by atoms with Crippen molar-refractivity contribution in [3.63, 3.8) is 0 Å². The van der Waals surface area contributed by atoms with Gasteiger partial charge in [-0.2, -0.15) is 0 Å². The summed E-state index contributed by atoms with van der Waals surface area (Å²) in [5.41, 5.74) is 0. The minimum atomic E-state index is -4.82. The molecular formula is CH4CuNaO6P. The molecule has 61 valence electrons. The fraction of sp³-hybridized carbons (Fsp3) is 0. The van der Waals surface area contributed by atoms with Crippen molar-refractivity contribution in [3.05, 3.63) is 0 Å². The van der Waals surface area contributed by atoms with E-state index in [1.165, 1.54) is 0 Å². The van der Waals surface area contributed by atoms with Gasteiger partial charge in [0.05, 0.1) is 0 Å². The van der Waals surface area contributed by atoms with Crippen molar-refractivity contribution in [1.29, 1.82) is 0 Å². The summed E-state index contributed by atoms with van der Waals surface area (Å²) in [4.78, 5) is 24.7. The molecule has 0 aliphatic rings. The molecule has 0 fully saturated rings. The van der Waals surface area contributed by atoms with Gasteiger partial charge < -0.3 is 9.63 Å². The number of phosphoric acid groups is 1. The summed E-state index contributed by atoms with van der Waals surface area (Å²) in [7, 11) is -4.82. The van der Waals surface area contributed by atoms with Crippen LogP contribution in [0.3, 0.4) is 0 Å². The average Bonchev–Trinajstić information content (AvgIpc) is 1.21. The van der Waals surface area contributed by atoms with E-state index in [0.717, 1.165) is 0 Å². The van der Waals surface area contributed by atoms with Crippen molar-refractivity contribution in [2.45, 2.75) is 0 Å². The Labute approximate surface area is 89.0 Å². The Morgan fingerprint density at radius 1 is 1.40 bits per heavy atom. The van der Waals surface area contributed by atoms with Crippen LogP contribution < -0.4 is 0 Å². The van der Waals surface area contributed by atoms with E-state index in [0.29, 0.717) is 0 Å². The van der Waals surface area contributed by atoms with Crippen LogP contribution in [-0.4, -0.2) is 50.6 Å². The summed E-state index contributed by atoms with van der Waals surface area (Å²) in [6.45, 7) is 0. The van der Waals surface area contributed by atoms with Crippen LogP contribution in [0.1, 0.15) is 0 Å². The van der Waals surface area contributed by atoms with Crippen molar-refractivity contribution in [3.8, 4) is 0 Å². The molecule has 0 aliphatic carbocycles. The number of carboxylic acid groups (broad SMARTS) is 1. The molecule has 10 heavy (non-hydrogen) atoms. The first-order chi connectivity index (χ1) is 3.42. The molecule has 0 bridgehead atoms. The van der Waals surface area contributed by atoms with Gasteiger partial charge in [0.1, 0.15) is 0 Å². The first-order valence-electron chi connectivity index (χ1n) is 1.40. The molecule has 0 aromatic carbocycles. The van der Waals surface area contributed by atoms with Gasteiger partial charge in [-0.15, -0.1) is 0 Å². The zero-order valence-electron chi connectivity index (χ0n) is 3.82. The van der Waals surface area contributed by atoms with E-state index in [2.05, 4.69) is 4.52 Å². The number of hydrogen-bond donors (Lipinski definition) is 3. The van der Waals surface area contributed by atoms with E-state index in [-0.39, 0.29) is 46.6 Å². The Hall–Kier alpha value is 0.939. The molecule has 1 radical (unpaired) electrons. The van der Waals surface area contributed by atoms with E-state index >= 15 is 0 Å². The summed E-state index contributed by atoms with van der Waals surface area (Å²) in [6, 6.07) is 0. The molecule has 3 N–H and O–H groups in total. The maximum absolute atomic E-state index is 9.53. The molecule has 0 aliphatic heterocycles. The standard InChI is InChI=1S/CH3O6P.Cu.Na.H/c2-1(3)7-8(4,5)6;;;/h(H,2,3)(H2,4,5,6);;;. The molecular weight excluding hydrogens is 226 g/mol. The minimum absolute atomic E-state index is 0. The third kappa shape index (κ3) is 16.0. The fourth-order valence-corrected chi connectivity index (χ4v) is 0.305. The van der Waals surface area contributed by atoms with E-state index < -0.39 is 14.0 Å². The van der Waals surface area contributed by atoms with Crippen LogP contribution in [0.2, 0.25) is 0 Å². The van der Waals surface area contributed by atoms with Crippen molar-refractivity contribution < 1.29 is 45.8 Å². The van der Waals surface area contributed by atoms with Gasteiger partial charge in [0.2, 0.25) is 0 Å². The van der Waals surface area contributed by atoms with Crippen LogP contribution in [-0.2, 0) is 26.2 Å². The van der Waals surface area contributed by atoms with E-state index in [9.17, 15) is 9.36 Å². The quantitative estimate of drug-likeness (QED) is 0.399. The van der Waals surface area contributed by atoms with Crippen molar-refractivity contribution in [2.75, 3.05) is 0 Å². The van der Waals surface area contributed by atoms with Gasteiger partial charge in [-0.3, -0.25) is 9.79 Å². The molecule has 9 heteroatoms. The second kappa shape index (κ2) is 6.64. The van der Waals surface area contributed by atoms with E-state index in [1.807, 2.05) is 0 Å². The maximum atomic E-state index is 9.53. The molecule has 0 unspecified atom stereocenters.